The summed E-state index contributed by atoms with van der Waals surface area (Å²) < 4.78 is 5.87. The van der Waals surface area contributed by atoms with Crippen LogP contribution in [0.25, 0.3) is 0 Å². The highest BCUT2D eigenvalue weighted by Gasteiger charge is 2.28. The van der Waals surface area contributed by atoms with Crippen molar-refractivity contribution in [3.8, 4) is 5.75 Å². The molecule has 0 aliphatic heterocycles. The number of hydrogen-bond donors (Lipinski definition) is 3. The molecule has 0 bridgehead atoms. The average Bonchev–Trinajstić information content (AvgIpc) is 3.14. The summed E-state index contributed by atoms with van der Waals surface area (Å²) in [4.78, 5) is 29.2. The summed E-state index contributed by atoms with van der Waals surface area (Å²) in [5.41, 5.74) is 5.85. The number of fused-ring (bicyclic) bond motifs is 1. The van der Waals surface area contributed by atoms with Crippen LogP contribution in [0, 0.1) is 6.92 Å². The lowest BCUT2D eigenvalue weighted by atomic mass is 9.93. The molecular formula is C23H22N4O4. The molecule has 3 aromatic rings. The first-order valence-electron chi connectivity index (χ1n) is 9.99. The lowest BCUT2D eigenvalue weighted by molar-refractivity contribution is 0.0918. The molecule has 31 heavy (non-hydrogen) atoms. The van der Waals surface area contributed by atoms with Crippen LogP contribution in [0.3, 0.4) is 0 Å². The van der Waals surface area contributed by atoms with E-state index < -0.39 is 0 Å². The molecule has 4 rings (SSSR count). The number of rotatable bonds is 5. The van der Waals surface area contributed by atoms with Crippen molar-refractivity contribution in [3.05, 3.63) is 82.6 Å². The van der Waals surface area contributed by atoms with Gasteiger partial charge in [-0.3, -0.25) is 14.6 Å². The third kappa shape index (κ3) is 4.48. The maximum Gasteiger partial charge on any atom is 0.287 e. The van der Waals surface area contributed by atoms with Gasteiger partial charge in [0, 0.05) is 29.3 Å². The number of carbonyl (C=O) groups excluding carboxylic acids is 2. The number of carbonyl (C=O) groups is 2. The first-order valence-corrected chi connectivity index (χ1v) is 9.99. The van der Waals surface area contributed by atoms with Crippen LogP contribution < -0.4 is 10.7 Å². The molecule has 2 amide bonds. The molecule has 2 aromatic heterocycles. The fourth-order valence-electron chi connectivity index (χ4n) is 3.55. The van der Waals surface area contributed by atoms with E-state index in [1.807, 2.05) is 25.1 Å². The van der Waals surface area contributed by atoms with Gasteiger partial charge in [-0.1, -0.05) is 6.07 Å². The van der Waals surface area contributed by atoms with Gasteiger partial charge in [-0.2, -0.15) is 5.10 Å². The lowest BCUT2D eigenvalue weighted by Gasteiger charge is -2.13. The fourth-order valence-corrected chi connectivity index (χ4v) is 3.55. The van der Waals surface area contributed by atoms with Gasteiger partial charge in [0.2, 0.25) is 0 Å². The number of pyridine rings is 1. The van der Waals surface area contributed by atoms with Gasteiger partial charge < -0.3 is 14.8 Å². The van der Waals surface area contributed by atoms with E-state index in [9.17, 15) is 14.7 Å². The normalized spacial score (nSPS) is 14.2. The number of phenols is 1. The Morgan fingerprint density at radius 2 is 1.94 bits per heavy atom. The Hall–Kier alpha value is -3.94. The molecule has 0 saturated heterocycles. The van der Waals surface area contributed by atoms with Gasteiger partial charge in [-0.25, -0.2) is 5.43 Å². The highest BCUT2D eigenvalue weighted by molar-refractivity contribution is 6.07. The van der Waals surface area contributed by atoms with E-state index >= 15 is 0 Å². The van der Waals surface area contributed by atoms with E-state index in [-0.39, 0.29) is 23.3 Å². The second kappa shape index (κ2) is 8.83. The summed E-state index contributed by atoms with van der Waals surface area (Å²) in [7, 11) is 0. The van der Waals surface area contributed by atoms with Gasteiger partial charge >= 0.3 is 0 Å². The van der Waals surface area contributed by atoms with Gasteiger partial charge in [0.1, 0.15) is 11.5 Å². The summed E-state index contributed by atoms with van der Waals surface area (Å²) in [6.07, 6.45) is 3.85. The summed E-state index contributed by atoms with van der Waals surface area (Å²) in [5, 5.41) is 16.5. The van der Waals surface area contributed by atoms with Crippen molar-refractivity contribution in [2.75, 3.05) is 0 Å². The standard InChI is InChI=1S/C23H22N4O4/c1-14-20-18(26-27-22(29)15-8-10-17(28)11-9-15)6-4-7-19(20)31-21(14)23(30)25-13-16-5-2-3-12-24-16/h2-3,5,8-12,28H,4,6-7,13H2,1H3,(H,25,30)(H,27,29)/b26-18+. The predicted octanol–water partition coefficient (Wildman–Crippen LogP) is 3.09. The Morgan fingerprint density at radius 1 is 1.13 bits per heavy atom. The topological polar surface area (TPSA) is 117 Å². The van der Waals surface area contributed by atoms with Gasteiger partial charge in [-0.05, 0) is 56.2 Å². The first-order chi connectivity index (χ1) is 15.0. The van der Waals surface area contributed by atoms with Crippen molar-refractivity contribution in [1.82, 2.24) is 15.7 Å². The minimum atomic E-state index is -0.380. The zero-order chi connectivity index (χ0) is 21.8. The van der Waals surface area contributed by atoms with Crippen molar-refractivity contribution < 1.29 is 19.1 Å². The molecule has 1 aliphatic rings. The van der Waals surface area contributed by atoms with Crippen molar-refractivity contribution >= 4 is 17.5 Å². The monoisotopic (exact) mass is 418 g/mol. The van der Waals surface area contributed by atoms with Gasteiger partial charge in [-0.15, -0.1) is 0 Å². The van der Waals surface area contributed by atoms with E-state index in [1.165, 1.54) is 24.3 Å². The molecule has 0 atom stereocenters. The zero-order valence-corrected chi connectivity index (χ0v) is 17.0. The molecule has 2 heterocycles. The summed E-state index contributed by atoms with van der Waals surface area (Å²) in [5.74, 6) is 0.339. The van der Waals surface area contributed by atoms with Crippen LogP contribution in [0.4, 0.5) is 0 Å². The number of benzene rings is 1. The first kappa shape index (κ1) is 20.3. The Bertz CT molecular complexity index is 1130. The number of amides is 2. The summed E-state index contributed by atoms with van der Waals surface area (Å²) >= 11 is 0. The summed E-state index contributed by atoms with van der Waals surface area (Å²) in [6.45, 7) is 2.12. The third-order valence-electron chi connectivity index (χ3n) is 5.11. The van der Waals surface area contributed by atoms with Crippen LogP contribution >= 0.6 is 0 Å². The van der Waals surface area contributed by atoms with Crippen molar-refractivity contribution in [1.29, 1.82) is 0 Å². The highest BCUT2D eigenvalue weighted by atomic mass is 16.4. The number of nitrogens with zero attached hydrogens (tertiary/aromatic N) is 2. The molecule has 3 N–H and O–H groups in total. The Morgan fingerprint density at radius 3 is 2.68 bits per heavy atom. The van der Waals surface area contributed by atoms with E-state index in [4.69, 9.17) is 4.42 Å². The number of aromatic hydroxyl groups is 1. The van der Waals surface area contributed by atoms with Crippen molar-refractivity contribution in [2.24, 2.45) is 5.10 Å². The molecule has 0 spiro atoms. The minimum absolute atomic E-state index is 0.0858. The molecule has 0 saturated carbocycles. The van der Waals surface area contributed by atoms with E-state index in [2.05, 4.69) is 20.8 Å². The molecule has 1 aliphatic carbocycles. The molecule has 0 radical (unpaired) electrons. The Kier molecular flexibility index (Phi) is 5.79. The third-order valence-corrected chi connectivity index (χ3v) is 5.11. The highest BCUT2D eigenvalue weighted by Crippen LogP contribution is 2.30. The number of aromatic nitrogens is 1. The van der Waals surface area contributed by atoms with Gasteiger partial charge in [0.05, 0.1) is 18.0 Å². The number of aryl methyl sites for hydroxylation is 1. The minimum Gasteiger partial charge on any atom is -0.508 e. The SMILES string of the molecule is Cc1c(C(=O)NCc2ccccn2)oc2c1/C(=N/NC(=O)c1ccc(O)cc1)CCC2. The lowest BCUT2D eigenvalue weighted by Crippen LogP contribution is -2.24. The molecule has 8 nitrogen and oxygen atoms in total. The molecule has 0 fully saturated rings. The maximum absolute atomic E-state index is 12.7. The van der Waals surface area contributed by atoms with E-state index in [0.29, 0.717) is 42.0 Å². The van der Waals surface area contributed by atoms with Crippen molar-refractivity contribution in [2.45, 2.75) is 32.7 Å². The molecule has 0 unspecified atom stereocenters. The number of hydrazone groups is 1. The molecule has 1 aromatic carbocycles. The number of phenolic OH excluding ortho intramolecular Hbond substituents is 1. The van der Waals surface area contributed by atoms with Crippen LogP contribution in [0.1, 0.15) is 56.3 Å². The quantitative estimate of drug-likeness (QED) is 0.551. The van der Waals surface area contributed by atoms with Gasteiger partial charge in [0.25, 0.3) is 11.8 Å². The molecule has 158 valence electrons. The number of furan rings is 1. The van der Waals surface area contributed by atoms with E-state index in [0.717, 1.165) is 17.7 Å². The van der Waals surface area contributed by atoms with Crippen LogP contribution in [0.2, 0.25) is 0 Å². The zero-order valence-electron chi connectivity index (χ0n) is 17.0. The van der Waals surface area contributed by atoms with Crippen LogP contribution in [-0.2, 0) is 13.0 Å². The maximum atomic E-state index is 12.7. The second-order valence-electron chi connectivity index (χ2n) is 7.26. The van der Waals surface area contributed by atoms with E-state index in [1.54, 1.807) is 6.20 Å². The van der Waals surface area contributed by atoms with Crippen LogP contribution in [0.5, 0.6) is 5.75 Å². The molecular weight excluding hydrogens is 396 g/mol. The van der Waals surface area contributed by atoms with Crippen molar-refractivity contribution in [3.63, 3.8) is 0 Å². The average molecular weight is 418 g/mol. The van der Waals surface area contributed by atoms with Crippen LogP contribution in [-0.4, -0.2) is 27.6 Å². The Labute approximate surface area is 179 Å². The van der Waals surface area contributed by atoms with Gasteiger partial charge in [0.15, 0.2) is 5.76 Å². The van der Waals surface area contributed by atoms with Crippen LogP contribution in [0.15, 0.2) is 58.2 Å². The smallest absolute Gasteiger partial charge is 0.287 e. The fraction of sp³-hybridized carbons (Fsp3) is 0.217. The largest absolute Gasteiger partial charge is 0.508 e. The molecule has 8 heteroatoms. The number of hydrogen-bond acceptors (Lipinski definition) is 6. The number of nitrogens with one attached hydrogen (secondary N) is 2. The second-order valence-corrected chi connectivity index (χ2v) is 7.26. The Balaban J connectivity index is 1.51. The summed E-state index contributed by atoms with van der Waals surface area (Å²) in [6, 6.07) is 11.4. The predicted molar refractivity (Wildman–Crippen MR) is 114 cm³/mol.